The molecule has 0 atom stereocenters. The van der Waals surface area contributed by atoms with E-state index in [9.17, 15) is 13.6 Å². The van der Waals surface area contributed by atoms with Gasteiger partial charge in [-0.2, -0.15) is 0 Å². The molecule has 1 N–H and O–H groups in total. The molecule has 114 valence electrons. The van der Waals surface area contributed by atoms with Crippen molar-refractivity contribution in [2.75, 3.05) is 5.32 Å². The van der Waals surface area contributed by atoms with Gasteiger partial charge in [-0.05, 0) is 23.8 Å². The van der Waals surface area contributed by atoms with Crippen LogP contribution in [-0.4, -0.2) is 5.91 Å². The number of carbonyl (C=O) groups excluding carboxylic acids is 1. The number of carbonyl (C=O) groups is 1. The fraction of sp³-hybridized carbons (Fsp3) is 0. The van der Waals surface area contributed by atoms with E-state index in [1.807, 2.05) is 42.5 Å². The summed E-state index contributed by atoms with van der Waals surface area (Å²) in [5.41, 5.74) is 2.12. The van der Waals surface area contributed by atoms with Crippen LogP contribution in [0.5, 0.6) is 0 Å². The summed E-state index contributed by atoms with van der Waals surface area (Å²) in [6, 6.07) is 19.7. The second kappa shape index (κ2) is 6.40. The molecular formula is C19H13F2NO. The molecule has 0 aromatic heterocycles. The van der Waals surface area contributed by atoms with Gasteiger partial charge in [0.25, 0.3) is 5.91 Å². The molecule has 0 aliphatic carbocycles. The molecule has 0 radical (unpaired) electrons. The number of anilines is 1. The van der Waals surface area contributed by atoms with Gasteiger partial charge in [-0.15, -0.1) is 0 Å². The van der Waals surface area contributed by atoms with Crippen LogP contribution in [0.1, 0.15) is 10.4 Å². The van der Waals surface area contributed by atoms with Gasteiger partial charge in [0.1, 0.15) is 11.6 Å². The largest absolute Gasteiger partial charge is 0.321 e. The Morgan fingerprint density at radius 3 is 2.26 bits per heavy atom. The molecule has 3 aromatic carbocycles. The molecule has 0 aliphatic rings. The summed E-state index contributed by atoms with van der Waals surface area (Å²) in [7, 11) is 0. The molecule has 3 aromatic rings. The van der Waals surface area contributed by atoms with Gasteiger partial charge in [-0.3, -0.25) is 4.79 Å². The lowest BCUT2D eigenvalue weighted by Gasteiger charge is -2.11. The second-order valence-corrected chi connectivity index (χ2v) is 4.99. The van der Waals surface area contributed by atoms with Gasteiger partial charge < -0.3 is 5.32 Å². The maximum Gasteiger partial charge on any atom is 0.258 e. The lowest BCUT2D eigenvalue weighted by atomic mass is 10.0. The van der Waals surface area contributed by atoms with Crippen molar-refractivity contribution in [2.24, 2.45) is 0 Å². The maximum absolute atomic E-state index is 13.7. The topological polar surface area (TPSA) is 29.1 Å². The Kier molecular flexibility index (Phi) is 4.15. The van der Waals surface area contributed by atoms with Crippen LogP contribution in [-0.2, 0) is 0 Å². The Balaban J connectivity index is 1.93. The quantitative estimate of drug-likeness (QED) is 0.733. The van der Waals surface area contributed by atoms with E-state index >= 15 is 0 Å². The van der Waals surface area contributed by atoms with E-state index in [1.54, 1.807) is 12.1 Å². The van der Waals surface area contributed by atoms with Crippen molar-refractivity contribution in [3.8, 4) is 11.1 Å². The Morgan fingerprint density at radius 1 is 0.826 bits per heavy atom. The molecule has 2 nitrogen and oxygen atoms in total. The molecule has 0 aliphatic heterocycles. The zero-order chi connectivity index (χ0) is 16.2. The van der Waals surface area contributed by atoms with E-state index < -0.39 is 17.5 Å². The SMILES string of the molecule is O=C(Nc1ccccc1-c1ccccc1)c1ccc(F)cc1F. The second-order valence-electron chi connectivity index (χ2n) is 4.99. The van der Waals surface area contributed by atoms with Crippen LogP contribution in [0.3, 0.4) is 0 Å². The van der Waals surface area contributed by atoms with Crippen molar-refractivity contribution < 1.29 is 13.6 Å². The molecule has 23 heavy (non-hydrogen) atoms. The van der Waals surface area contributed by atoms with Crippen LogP contribution in [0.2, 0.25) is 0 Å². The fourth-order valence-electron chi connectivity index (χ4n) is 2.32. The van der Waals surface area contributed by atoms with Gasteiger partial charge in [0.05, 0.1) is 5.56 Å². The molecule has 0 saturated carbocycles. The first-order valence-corrected chi connectivity index (χ1v) is 7.06. The zero-order valence-electron chi connectivity index (χ0n) is 12.1. The number of benzene rings is 3. The zero-order valence-corrected chi connectivity index (χ0v) is 12.1. The molecule has 4 heteroatoms. The minimum Gasteiger partial charge on any atom is -0.321 e. The first kappa shape index (κ1) is 14.9. The molecule has 0 unspecified atom stereocenters. The molecule has 1 amide bonds. The standard InChI is InChI=1S/C19H13F2NO/c20-14-10-11-16(17(21)12-14)19(23)22-18-9-5-4-8-15(18)13-6-2-1-3-7-13/h1-12H,(H,22,23). The summed E-state index contributed by atoms with van der Waals surface area (Å²) >= 11 is 0. The Bertz CT molecular complexity index is 847. The molecular weight excluding hydrogens is 296 g/mol. The highest BCUT2D eigenvalue weighted by atomic mass is 19.1. The summed E-state index contributed by atoms with van der Waals surface area (Å²) in [6.45, 7) is 0. The van der Waals surface area contributed by atoms with Crippen LogP contribution in [0.4, 0.5) is 14.5 Å². The van der Waals surface area contributed by atoms with Crippen LogP contribution in [0.25, 0.3) is 11.1 Å². The van der Waals surface area contributed by atoms with Crippen LogP contribution in [0, 0.1) is 11.6 Å². The average molecular weight is 309 g/mol. The van der Waals surface area contributed by atoms with E-state index in [0.29, 0.717) is 11.8 Å². The maximum atomic E-state index is 13.7. The summed E-state index contributed by atoms with van der Waals surface area (Å²) in [6.07, 6.45) is 0. The summed E-state index contributed by atoms with van der Waals surface area (Å²) < 4.78 is 26.7. The number of para-hydroxylation sites is 1. The monoisotopic (exact) mass is 309 g/mol. The predicted octanol–water partition coefficient (Wildman–Crippen LogP) is 4.88. The van der Waals surface area contributed by atoms with E-state index in [-0.39, 0.29) is 5.56 Å². The first-order valence-electron chi connectivity index (χ1n) is 7.06. The Hall–Kier alpha value is -3.01. The van der Waals surface area contributed by atoms with Crippen LogP contribution in [0.15, 0.2) is 72.8 Å². The number of amides is 1. The van der Waals surface area contributed by atoms with Gasteiger partial charge in [0.2, 0.25) is 0 Å². The van der Waals surface area contributed by atoms with Gasteiger partial charge in [-0.1, -0.05) is 48.5 Å². The third-order valence-electron chi connectivity index (χ3n) is 3.44. The van der Waals surface area contributed by atoms with Crippen LogP contribution < -0.4 is 5.32 Å². The normalized spacial score (nSPS) is 10.3. The van der Waals surface area contributed by atoms with Crippen molar-refractivity contribution >= 4 is 11.6 Å². The minimum atomic E-state index is -0.889. The van der Waals surface area contributed by atoms with Crippen molar-refractivity contribution in [2.45, 2.75) is 0 Å². The number of halogens is 2. The van der Waals surface area contributed by atoms with Crippen molar-refractivity contribution in [1.82, 2.24) is 0 Å². The molecule has 0 heterocycles. The molecule has 0 saturated heterocycles. The fourth-order valence-corrected chi connectivity index (χ4v) is 2.32. The summed E-state index contributed by atoms with van der Waals surface area (Å²) in [5, 5.41) is 2.68. The summed E-state index contributed by atoms with van der Waals surface area (Å²) in [5.74, 6) is -2.23. The van der Waals surface area contributed by atoms with E-state index in [1.165, 1.54) is 0 Å². The van der Waals surface area contributed by atoms with Crippen LogP contribution >= 0.6 is 0 Å². The number of hydrogen-bond donors (Lipinski definition) is 1. The van der Waals surface area contributed by atoms with Crippen molar-refractivity contribution in [3.63, 3.8) is 0 Å². The molecule has 3 rings (SSSR count). The highest BCUT2D eigenvalue weighted by molar-refractivity contribution is 6.06. The first-order chi connectivity index (χ1) is 11.1. The van der Waals surface area contributed by atoms with E-state index in [2.05, 4.69) is 5.32 Å². The predicted molar refractivity (Wildman–Crippen MR) is 86.2 cm³/mol. The average Bonchev–Trinajstić information content (AvgIpc) is 2.56. The lowest BCUT2D eigenvalue weighted by molar-refractivity contribution is 0.102. The van der Waals surface area contributed by atoms with Gasteiger partial charge in [0, 0.05) is 17.3 Å². The minimum absolute atomic E-state index is 0.200. The smallest absolute Gasteiger partial charge is 0.258 e. The number of nitrogens with one attached hydrogen (secondary N) is 1. The highest BCUT2D eigenvalue weighted by Gasteiger charge is 2.14. The third kappa shape index (κ3) is 3.26. The Labute approximate surface area is 132 Å². The molecule has 0 bridgehead atoms. The van der Waals surface area contributed by atoms with E-state index in [4.69, 9.17) is 0 Å². The van der Waals surface area contributed by atoms with Gasteiger partial charge in [0.15, 0.2) is 0 Å². The molecule has 0 spiro atoms. The molecule has 0 fully saturated rings. The van der Waals surface area contributed by atoms with Crippen molar-refractivity contribution in [1.29, 1.82) is 0 Å². The summed E-state index contributed by atoms with van der Waals surface area (Å²) in [4.78, 5) is 12.3. The lowest BCUT2D eigenvalue weighted by Crippen LogP contribution is -2.14. The number of hydrogen-bond acceptors (Lipinski definition) is 1. The Morgan fingerprint density at radius 2 is 1.52 bits per heavy atom. The van der Waals surface area contributed by atoms with E-state index in [0.717, 1.165) is 23.3 Å². The van der Waals surface area contributed by atoms with Gasteiger partial charge in [-0.25, -0.2) is 8.78 Å². The van der Waals surface area contributed by atoms with Gasteiger partial charge >= 0.3 is 0 Å². The van der Waals surface area contributed by atoms with Crippen molar-refractivity contribution in [3.05, 3.63) is 90.0 Å². The highest BCUT2D eigenvalue weighted by Crippen LogP contribution is 2.28. The third-order valence-corrected chi connectivity index (χ3v) is 3.44. The number of rotatable bonds is 3.